The molecule has 7 nitrogen and oxygen atoms in total. The highest BCUT2D eigenvalue weighted by Gasteiger charge is 2.30. The molecule has 1 aliphatic heterocycles. The maximum atomic E-state index is 13.6. The second kappa shape index (κ2) is 9.16. The quantitative estimate of drug-likeness (QED) is 0.730. The first-order valence-corrected chi connectivity index (χ1v) is 10.8. The van der Waals surface area contributed by atoms with Crippen molar-refractivity contribution in [3.05, 3.63) is 52.5 Å². The maximum absolute atomic E-state index is 13.6. The van der Waals surface area contributed by atoms with Gasteiger partial charge in [0.05, 0.1) is 0 Å². The molecule has 0 spiro atoms. The number of hydrogen-bond acceptors (Lipinski definition) is 5. The van der Waals surface area contributed by atoms with Crippen LogP contribution in [0, 0.1) is 0 Å². The van der Waals surface area contributed by atoms with Gasteiger partial charge in [0.1, 0.15) is 0 Å². The van der Waals surface area contributed by atoms with Crippen LogP contribution < -0.4 is 20.5 Å². The normalized spacial score (nSPS) is 19.7. The standard InChI is InChI=1S/C23H26ClN3O4/c1-14(28)26-18-5-8-20(24)16(10-18)12-27(19-6-3-17(25)4-7-19)23(29)15-2-9-21-22(11-15)31-13-30-21/h2,5,8-11,17,19H,3-4,6-7,12-13,25H2,1H3,(H,26,28). The molecule has 1 saturated carbocycles. The van der Waals surface area contributed by atoms with E-state index < -0.39 is 0 Å². The van der Waals surface area contributed by atoms with E-state index in [9.17, 15) is 9.59 Å². The second-order valence-corrected chi connectivity index (χ2v) is 8.46. The molecule has 1 fully saturated rings. The number of hydrogen-bond donors (Lipinski definition) is 2. The first kappa shape index (κ1) is 21.5. The molecule has 2 amide bonds. The van der Waals surface area contributed by atoms with E-state index in [1.165, 1.54) is 6.92 Å². The Morgan fingerprint density at radius 2 is 1.84 bits per heavy atom. The number of nitrogens with zero attached hydrogens (tertiary/aromatic N) is 1. The van der Waals surface area contributed by atoms with Crippen LogP contribution in [0.4, 0.5) is 5.69 Å². The van der Waals surface area contributed by atoms with E-state index in [2.05, 4.69) is 5.32 Å². The lowest BCUT2D eigenvalue weighted by molar-refractivity contribution is -0.114. The molecule has 0 bridgehead atoms. The van der Waals surface area contributed by atoms with Crippen LogP contribution in [-0.4, -0.2) is 35.6 Å². The third-order valence-corrected chi connectivity index (χ3v) is 6.14. The van der Waals surface area contributed by atoms with E-state index in [0.29, 0.717) is 34.3 Å². The summed E-state index contributed by atoms with van der Waals surface area (Å²) in [5, 5.41) is 3.32. The van der Waals surface area contributed by atoms with Crippen LogP contribution in [0.2, 0.25) is 5.02 Å². The number of benzene rings is 2. The molecule has 0 unspecified atom stereocenters. The number of ether oxygens (including phenoxy) is 2. The molecule has 3 N–H and O–H groups in total. The zero-order chi connectivity index (χ0) is 22.0. The Morgan fingerprint density at radius 3 is 2.58 bits per heavy atom. The number of carbonyl (C=O) groups excluding carboxylic acids is 2. The van der Waals surface area contributed by atoms with Gasteiger partial charge in [-0.1, -0.05) is 11.6 Å². The number of anilines is 1. The smallest absolute Gasteiger partial charge is 0.254 e. The Bertz CT molecular complexity index is 989. The summed E-state index contributed by atoms with van der Waals surface area (Å²) in [5.41, 5.74) is 8.05. The van der Waals surface area contributed by atoms with Gasteiger partial charge in [0.15, 0.2) is 11.5 Å². The largest absolute Gasteiger partial charge is 0.454 e. The van der Waals surface area contributed by atoms with Gasteiger partial charge >= 0.3 is 0 Å². The Labute approximate surface area is 186 Å². The molecule has 1 aliphatic carbocycles. The van der Waals surface area contributed by atoms with Gasteiger partial charge in [-0.2, -0.15) is 0 Å². The van der Waals surface area contributed by atoms with Crippen molar-refractivity contribution < 1.29 is 19.1 Å². The molecule has 2 aromatic rings. The lowest BCUT2D eigenvalue weighted by Gasteiger charge is -2.36. The van der Waals surface area contributed by atoms with E-state index in [-0.39, 0.29) is 30.7 Å². The molecule has 0 radical (unpaired) electrons. The Balaban J connectivity index is 1.63. The van der Waals surface area contributed by atoms with E-state index in [1.807, 2.05) is 11.0 Å². The summed E-state index contributed by atoms with van der Waals surface area (Å²) in [6, 6.07) is 10.8. The number of nitrogens with two attached hydrogens (primary N) is 1. The number of nitrogens with one attached hydrogen (secondary N) is 1. The van der Waals surface area contributed by atoms with E-state index in [1.54, 1.807) is 30.3 Å². The third-order valence-electron chi connectivity index (χ3n) is 5.77. The number of amides is 2. The molecule has 8 heteroatoms. The van der Waals surface area contributed by atoms with Crippen LogP contribution in [0.1, 0.15) is 48.5 Å². The van der Waals surface area contributed by atoms with Crippen molar-refractivity contribution in [3.63, 3.8) is 0 Å². The molecular weight excluding hydrogens is 418 g/mol. The van der Waals surface area contributed by atoms with Crippen LogP contribution in [0.5, 0.6) is 11.5 Å². The van der Waals surface area contributed by atoms with Crippen LogP contribution in [-0.2, 0) is 11.3 Å². The highest BCUT2D eigenvalue weighted by Crippen LogP contribution is 2.34. The molecule has 0 aromatic heterocycles. The Kier molecular flexibility index (Phi) is 6.34. The zero-order valence-corrected chi connectivity index (χ0v) is 18.2. The maximum Gasteiger partial charge on any atom is 0.254 e. The monoisotopic (exact) mass is 443 g/mol. The molecule has 2 aliphatic rings. The van der Waals surface area contributed by atoms with Gasteiger partial charge in [-0.25, -0.2) is 0 Å². The van der Waals surface area contributed by atoms with Gasteiger partial charge < -0.3 is 25.4 Å². The first-order chi connectivity index (χ1) is 14.9. The van der Waals surface area contributed by atoms with Gasteiger partial charge in [-0.05, 0) is 67.6 Å². The van der Waals surface area contributed by atoms with E-state index >= 15 is 0 Å². The average Bonchev–Trinajstić information content (AvgIpc) is 3.22. The molecule has 2 aromatic carbocycles. The average molecular weight is 444 g/mol. The van der Waals surface area contributed by atoms with E-state index in [0.717, 1.165) is 31.2 Å². The minimum Gasteiger partial charge on any atom is -0.454 e. The summed E-state index contributed by atoms with van der Waals surface area (Å²) in [6.07, 6.45) is 3.41. The predicted octanol–water partition coefficient (Wildman–Crippen LogP) is 3.94. The second-order valence-electron chi connectivity index (χ2n) is 8.06. The topological polar surface area (TPSA) is 93.9 Å². The summed E-state index contributed by atoms with van der Waals surface area (Å²) in [7, 11) is 0. The molecular formula is C23H26ClN3O4. The number of halogens is 1. The molecule has 4 rings (SSSR count). The molecule has 0 atom stereocenters. The minimum absolute atomic E-state index is 0.0539. The van der Waals surface area contributed by atoms with Crippen molar-refractivity contribution in [1.82, 2.24) is 4.90 Å². The van der Waals surface area contributed by atoms with Crippen LogP contribution in [0.15, 0.2) is 36.4 Å². The van der Waals surface area contributed by atoms with E-state index in [4.69, 9.17) is 26.8 Å². The van der Waals surface area contributed by atoms with Gasteiger partial charge in [0.2, 0.25) is 12.7 Å². The van der Waals surface area contributed by atoms with Gasteiger partial charge in [0.25, 0.3) is 5.91 Å². The lowest BCUT2D eigenvalue weighted by Crippen LogP contribution is -2.43. The van der Waals surface area contributed by atoms with Crippen molar-refractivity contribution >= 4 is 29.1 Å². The number of rotatable bonds is 5. The number of fused-ring (bicyclic) bond motifs is 1. The molecule has 31 heavy (non-hydrogen) atoms. The third kappa shape index (κ3) is 4.94. The summed E-state index contributed by atoms with van der Waals surface area (Å²) in [4.78, 5) is 26.9. The highest BCUT2D eigenvalue weighted by atomic mass is 35.5. The van der Waals surface area contributed by atoms with Crippen LogP contribution in [0.25, 0.3) is 0 Å². The van der Waals surface area contributed by atoms with Crippen molar-refractivity contribution in [3.8, 4) is 11.5 Å². The van der Waals surface area contributed by atoms with Gasteiger partial charge in [0, 0.05) is 41.8 Å². The zero-order valence-electron chi connectivity index (χ0n) is 17.4. The summed E-state index contributed by atoms with van der Waals surface area (Å²) in [6.45, 7) is 1.94. The fraction of sp³-hybridized carbons (Fsp3) is 0.391. The van der Waals surface area contributed by atoms with Crippen molar-refractivity contribution in [1.29, 1.82) is 0 Å². The van der Waals surface area contributed by atoms with Crippen LogP contribution >= 0.6 is 11.6 Å². The predicted molar refractivity (Wildman–Crippen MR) is 118 cm³/mol. The Hall–Kier alpha value is -2.77. The molecule has 164 valence electrons. The van der Waals surface area contributed by atoms with Crippen molar-refractivity contribution in [2.45, 2.75) is 51.2 Å². The van der Waals surface area contributed by atoms with Gasteiger partial charge in [-0.15, -0.1) is 0 Å². The molecule has 1 heterocycles. The SMILES string of the molecule is CC(=O)Nc1ccc(Cl)c(CN(C(=O)c2ccc3c(c2)OCO3)C2CCC(N)CC2)c1. The minimum atomic E-state index is -0.164. The summed E-state index contributed by atoms with van der Waals surface area (Å²) >= 11 is 6.46. The Morgan fingerprint density at radius 1 is 1.10 bits per heavy atom. The van der Waals surface area contributed by atoms with Crippen molar-refractivity contribution in [2.24, 2.45) is 5.73 Å². The first-order valence-electron chi connectivity index (χ1n) is 10.4. The fourth-order valence-corrected chi connectivity index (χ4v) is 4.31. The summed E-state index contributed by atoms with van der Waals surface area (Å²) < 4.78 is 10.8. The summed E-state index contributed by atoms with van der Waals surface area (Å²) in [5.74, 6) is 0.947. The lowest BCUT2D eigenvalue weighted by atomic mass is 9.90. The van der Waals surface area contributed by atoms with Crippen molar-refractivity contribution in [2.75, 3.05) is 12.1 Å². The van der Waals surface area contributed by atoms with Gasteiger partial charge in [-0.3, -0.25) is 9.59 Å². The number of carbonyl (C=O) groups is 2. The highest BCUT2D eigenvalue weighted by molar-refractivity contribution is 6.31. The van der Waals surface area contributed by atoms with Crippen LogP contribution in [0.3, 0.4) is 0 Å². The fourth-order valence-electron chi connectivity index (χ4n) is 4.14. The molecule has 0 saturated heterocycles.